The molecule has 1 aliphatic carbocycles. The molecule has 4 heteroatoms. The molecule has 2 aromatic rings. The maximum absolute atomic E-state index is 4.82. The zero-order chi connectivity index (χ0) is 14.7. The highest BCUT2D eigenvalue weighted by Crippen LogP contribution is 2.29. The molecule has 2 aromatic heterocycles. The number of hydrogen-bond acceptors (Lipinski definition) is 4. The van der Waals surface area contributed by atoms with Crippen LogP contribution in [0.15, 0.2) is 24.7 Å². The van der Waals surface area contributed by atoms with Gasteiger partial charge in [0, 0.05) is 41.5 Å². The summed E-state index contributed by atoms with van der Waals surface area (Å²) in [6.45, 7) is 5.30. The molecule has 3 rings (SSSR count). The predicted octanol–water partition coefficient (Wildman–Crippen LogP) is 3.22. The Morgan fingerprint density at radius 1 is 1.33 bits per heavy atom. The molecule has 2 heterocycles. The lowest BCUT2D eigenvalue weighted by atomic mass is 9.92. The summed E-state index contributed by atoms with van der Waals surface area (Å²) in [7, 11) is 0. The van der Waals surface area contributed by atoms with Crippen molar-refractivity contribution >= 4 is 0 Å². The molecule has 21 heavy (non-hydrogen) atoms. The van der Waals surface area contributed by atoms with E-state index in [0.29, 0.717) is 6.04 Å². The summed E-state index contributed by atoms with van der Waals surface area (Å²) in [6.07, 6.45) is 10.3. The molecule has 0 aliphatic heterocycles. The van der Waals surface area contributed by atoms with Crippen LogP contribution in [0, 0.1) is 6.92 Å². The van der Waals surface area contributed by atoms with Gasteiger partial charge in [0.05, 0.1) is 0 Å². The van der Waals surface area contributed by atoms with Gasteiger partial charge in [-0.2, -0.15) is 0 Å². The van der Waals surface area contributed by atoms with Gasteiger partial charge in [0.25, 0.3) is 0 Å². The third-order valence-electron chi connectivity index (χ3n) is 4.08. The van der Waals surface area contributed by atoms with Crippen LogP contribution < -0.4 is 5.32 Å². The molecule has 1 atom stereocenters. The van der Waals surface area contributed by atoms with E-state index in [0.717, 1.165) is 36.3 Å². The summed E-state index contributed by atoms with van der Waals surface area (Å²) >= 11 is 0. The molecule has 0 fully saturated rings. The van der Waals surface area contributed by atoms with Crippen LogP contribution in [-0.4, -0.2) is 21.5 Å². The van der Waals surface area contributed by atoms with Crippen LogP contribution in [0.4, 0.5) is 0 Å². The zero-order valence-electron chi connectivity index (χ0n) is 12.8. The molecule has 1 aliphatic rings. The third-order valence-corrected chi connectivity index (χ3v) is 4.08. The van der Waals surface area contributed by atoms with Gasteiger partial charge < -0.3 is 5.32 Å². The zero-order valence-corrected chi connectivity index (χ0v) is 12.8. The van der Waals surface area contributed by atoms with Crippen molar-refractivity contribution in [2.45, 2.75) is 45.6 Å². The highest BCUT2D eigenvalue weighted by atomic mass is 14.9. The van der Waals surface area contributed by atoms with Gasteiger partial charge in [0.15, 0.2) is 5.82 Å². The van der Waals surface area contributed by atoms with Crippen LogP contribution >= 0.6 is 0 Å². The van der Waals surface area contributed by atoms with Crippen LogP contribution in [0.5, 0.6) is 0 Å². The van der Waals surface area contributed by atoms with Gasteiger partial charge in [-0.15, -0.1) is 0 Å². The van der Waals surface area contributed by atoms with Crippen molar-refractivity contribution in [3.8, 4) is 11.4 Å². The lowest BCUT2D eigenvalue weighted by Crippen LogP contribution is -2.26. The maximum Gasteiger partial charge on any atom is 0.159 e. The predicted molar refractivity (Wildman–Crippen MR) is 84.0 cm³/mol. The van der Waals surface area contributed by atoms with Crippen LogP contribution in [0.3, 0.4) is 0 Å². The smallest absolute Gasteiger partial charge is 0.159 e. The standard InChI is InChI=1S/C17H22N4/c1-3-8-19-15-5-4-6-16-14(15)11-20-17(21-16)13-7-9-18-10-12(13)2/h7,9-11,15,19H,3-6,8H2,1-2H3. The van der Waals surface area contributed by atoms with Crippen molar-refractivity contribution in [2.75, 3.05) is 6.54 Å². The monoisotopic (exact) mass is 282 g/mol. The summed E-state index contributed by atoms with van der Waals surface area (Å²) in [6, 6.07) is 2.41. The van der Waals surface area contributed by atoms with Gasteiger partial charge in [-0.25, -0.2) is 9.97 Å². The van der Waals surface area contributed by atoms with Gasteiger partial charge in [-0.05, 0) is 50.8 Å². The molecule has 0 spiro atoms. The fraction of sp³-hybridized carbons (Fsp3) is 0.471. The number of hydrogen-bond donors (Lipinski definition) is 1. The van der Waals surface area contributed by atoms with Gasteiger partial charge >= 0.3 is 0 Å². The van der Waals surface area contributed by atoms with Crippen molar-refractivity contribution in [3.63, 3.8) is 0 Å². The molecule has 0 saturated carbocycles. The molecule has 0 amide bonds. The largest absolute Gasteiger partial charge is 0.310 e. The molecule has 1 N–H and O–H groups in total. The Kier molecular flexibility index (Phi) is 4.25. The lowest BCUT2D eigenvalue weighted by Gasteiger charge is -2.25. The summed E-state index contributed by atoms with van der Waals surface area (Å²) in [5.41, 5.74) is 4.69. The summed E-state index contributed by atoms with van der Waals surface area (Å²) in [5.74, 6) is 0.824. The Bertz CT molecular complexity index is 624. The second-order valence-electron chi connectivity index (χ2n) is 5.69. The minimum absolute atomic E-state index is 0.418. The van der Waals surface area contributed by atoms with Gasteiger partial charge in [-0.1, -0.05) is 6.92 Å². The SMILES string of the molecule is CCCNC1CCCc2nc(-c3ccncc3C)ncc21. The van der Waals surface area contributed by atoms with E-state index in [1.54, 1.807) is 6.20 Å². The molecular formula is C17H22N4. The second kappa shape index (κ2) is 6.31. The number of aryl methyl sites for hydroxylation is 2. The molecule has 110 valence electrons. The number of nitrogens with one attached hydrogen (secondary N) is 1. The summed E-state index contributed by atoms with van der Waals surface area (Å²) in [4.78, 5) is 13.6. The fourth-order valence-corrected chi connectivity index (χ4v) is 2.93. The van der Waals surface area contributed by atoms with Crippen LogP contribution in [-0.2, 0) is 6.42 Å². The quantitative estimate of drug-likeness (QED) is 0.935. The number of pyridine rings is 1. The highest BCUT2D eigenvalue weighted by Gasteiger charge is 2.22. The topological polar surface area (TPSA) is 50.7 Å². The first-order chi connectivity index (χ1) is 10.3. The third kappa shape index (κ3) is 2.95. The number of nitrogens with zero attached hydrogens (tertiary/aromatic N) is 3. The number of fused-ring (bicyclic) bond motifs is 1. The normalized spacial score (nSPS) is 17.5. The minimum atomic E-state index is 0.418. The molecule has 0 bridgehead atoms. The van der Waals surface area contributed by atoms with E-state index in [1.807, 2.05) is 18.5 Å². The molecule has 1 unspecified atom stereocenters. The minimum Gasteiger partial charge on any atom is -0.310 e. The highest BCUT2D eigenvalue weighted by molar-refractivity contribution is 5.59. The van der Waals surface area contributed by atoms with E-state index in [2.05, 4.69) is 29.1 Å². The molecule has 0 aromatic carbocycles. The summed E-state index contributed by atoms with van der Waals surface area (Å²) < 4.78 is 0. The van der Waals surface area contributed by atoms with E-state index < -0.39 is 0 Å². The lowest BCUT2D eigenvalue weighted by molar-refractivity contribution is 0.454. The van der Waals surface area contributed by atoms with Crippen LogP contribution in [0.2, 0.25) is 0 Å². The fourth-order valence-electron chi connectivity index (χ4n) is 2.93. The second-order valence-corrected chi connectivity index (χ2v) is 5.69. The molecule has 0 saturated heterocycles. The van der Waals surface area contributed by atoms with Crippen molar-refractivity contribution in [1.29, 1.82) is 0 Å². The Morgan fingerprint density at radius 2 is 2.24 bits per heavy atom. The first-order valence-corrected chi connectivity index (χ1v) is 7.79. The van der Waals surface area contributed by atoms with Crippen molar-refractivity contribution in [3.05, 3.63) is 41.5 Å². The van der Waals surface area contributed by atoms with Crippen LogP contribution in [0.1, 0.15) is 49.0 Å². The number of rotatable bonds is 4. The number of aromatic nitrogens is 3. The molecular weight excluding hydrogens is 260 g/mol. The van der Waals surface area contributed by atoms with E-state index in [4.69, 9.17) is 4.98 Å². The average molecular weight is 282 g/mol. The van der Waals surface area contributed by atoms with Gasteiger partial charge in [0.1, 0.15) is 0 Å². The van der Waals surface area contributed by atoms with Crippen molar-refractivity contribution < 1.29 is 0 Å². The Hall–Kier alpha value is -1.81. The maximum atomic E-state index is 4.82. The Labute approximate surface area is 126 Å². The molecule has 4 nitrogen and oxygen atoms in total. The van der Waals surface area contributed by atoms with E-state index >= 15 is 0 Å². The van der Waals surface area contributed by atoms with Crippen LogP contribution in [0.25, 0.3) is 11.4 Å². The van der Waals surface area contributed by atoms with E-state index in [-0.39, 0.29) is 0 Å². The molecule has 0 radical (unpaired) electrons. The first-order valence-electron chi connectivity index (χ1n) is 7.79. The van der Waals surface area contributed by atoms with Gasteiger partial charge in [-0.3, -0.25) is 4.98 Å². The van der Waals surface area contributed by atoms with E-state index in [1.165, 1.54) is 24.1 Å². The first kappa shape index (κ1) is 14.1. The summed E-state index contributed by atoms with van der Waals surface area (Å²) in [5, 5.41) is 3.61. The van der Waals surface area contributed by atoms with Crippen molar-refractivity contribution in [2.24, 2.45) is 0 Å². The van der Waals surface area contributed by atoms with Gasteiger partial charge in [0.2, 0.25) is 0 Å². The Balaban J connectivity index is 1.93. The van der Waals surface area contributed by atoms with E-state index in [9.17, 15) is 0 Å². The Morgan fingerprint density at radius 3 is 3.05 bits per heavy atom. The van der Waals surface area contributed by atoms with Crippen molar-refractivity contribution in [1.82, 2.24) is 20.3 Å². The average Bonchev–Trinajstić information content (AvgIpc) is 2.52.